The van der Waals surface area contributed by atoms with Crippen LogP contribution in [-0.2, 0) is 22.6 Å². The summed E-state index contributed by atoms with van der Waals surface area (Å²) in [4.78, 5) is 18.1. The fourth-order valence-corrected chi connectivity index (χ4v) is 5.95. The minimum absolute atomic E-state index is 0.0371. The zero-order valence-corrected chi connectivity index (χ0v) is 21.7. The number of hydrogen-bond donors (Lipinski definition) is 0. The lowest BCUT2D eigenvalue weighted by molar-refractivity contribution is -0.137. The molecular weight excluding hydrogens is 547 g/mol. The molecule has 0 N–H and O–H groups in total. The third kappa shape index (κ3) is 5.32. The highest BCUT2D eigenvalue weighted by molar-refractivity contribution is 7.90. The lowest BCUT2D eigenvalue weighted by Gasteiger charge is -2.17. The van der Waals surface area contributed by atoms with Crippen molar-refractivity contribution in [2.45, 2.75) is 24.7 Å². The van der Waals surface area contributed by atoms with Crippen LogP contribution in [0.25, 0.3) is 21.0 Å². The SMILES string of the molecule is Cc1cc(-c2ccc(-c3cc(C(F)(F)F)c(C#N)c(=O)n3Cc3ccccc3Cl)s2)cnc1S(C)(=O)=O. The molecule has 0 aliphatic carbocycles. The van der Waals surface area contributed by atoms with Gasteiger partial charge in [0, 0.05) is 27.9 Å². The summed E-state index contributed by atoms with van der Waals surface area (Å²) in [6.45, 7) is 1.44. The number of halogens is 4. The fraction of sp³-hybridized carbons (Fsp3) is 0.160. The molecule has 190 valence electrons. The van der Waals surface area contributed by atoms with Crippen LogP contribution in [0.4, 0.5) is 13.2 Å². The Morgan fingerprint density at radius 2 is 1.81 bits per heavy atom. The van der Waals surface area contributed by atoms with E-state index in [4.69, 9.17) is 11.6 Å². The van der Waals surface area contributed by atoms with Gasteiger partial charge in [-0.2, -0.15) is 18.4 Å². The summed E-state index contributed by atoms with van der Waals surface area (Å²) in [6, 6.07) is 13.6. The summed E-state index contributed by atoms with van der Waals surface area (Å²) in [5.41, 5.74) is -1.98. The van der Waals surface area contributed by atoms with Crippen LogP contribution in [0.15, 0.2) is 64.5 Å². The molecule has 1 aromatic carbocycles. The van der Waals surface area contributed by atoms with Crippen LogP contribution in [0.2, 0.25) is 5.02 Å². The average Bonchev–Trinajstić information content (AvgIpc) is 3.30. The topological polar surface area (TPSA) is 92.8 Å². The molecule has 3 aromatic heterocycles. The number of alkyl halides is 3. The van der Waals surface area contributed by atoms with Crippen LogP contribution >= 0.6 is 22.9 Å². The Hall–Kier alpha value is -3.46. The molecule has 0 unspecified atom stereocenters. The van der Waals surface area contributed by atoms with Gasteiger partial charge in [0.25, 0.3) is 5.56 Å². The Morgan fingerprint density at radius 1 is 1.14 bits per heavy atom. The summed E-state index contributed by atoms with van der Waals surface area (Å²) < 4.78 is 66.3. The zero-order valence-electron chi connectivity index (χ0n) is 19.3. The molecule has 3 heterocycles. The molecule has 0 spiro atoms. The number of aryl methyl sites for hydroxylation is 1. The van der Waals surface area contributed by atoms with E-state index in [0.29, 0.717) is 31.5 Å². The van der Waals surface area contributed by atoms with E-state index in [-0.39, 0.29) is 17.3 Å². The van der Waals surface area contributed by atoms with E-state index in [1.807, 2.05) is 0 Å². The van der Waals surface area contributed by atoms with Crippen LogP contribution < -0.4 is 5.56 Å². The van der Waals surface area contributed by atoms with Gasteiger partial charge in [0.2, 0.25) is 0 Å². The van der Waals surface area contributed by atoms with E-state index < -0.39 is 32.7 Å². The van der Waals surface area contributed by atoms with E-state index in [0.717, 1.165) is 28.2 Å². The predicted molar refractivity (Wildman–Crippen MR) is 135 cm³/mol. The van der Waals surface area contributed by atoms with E-state index in [2.05, 4.69) is 4.98 Å². The van der Waals surface area contributed by atoms with Crippen molar-refractivity contribution >= 4 is 32.8 Å². The number of pyridine rings is 2. The van der Waals surface area contributed by atoms with Gasteiger partial charge in [-0.15, -0.1) is 11.3 Å². The third-order valence-electron chi connectivity index (χ3n) is 5.53. The summed E-state index contributed by atoms with van der Waals surface area (Å²) in [5.74, 6) is 0. The average molecular weight is 564 g/mol. The molecule has 4 rings (SSSR count). The molecule has 12 heteroatoms. The number of aromatic nitrogens is 2. The summed E-state index contributed by atoms with van der Waals surface area (Å²) in [7, 11) is -3.53. The maximum absolute atomic E-state index is 13.8. The fourth-order valence-electron chi connectivity index (χ4n) is 3.85. The van der Waals surface area contributed by atoms with Gasteiger partial charge in [0.15, 0.2) is 14.9 Å². The van der Waals surface area contributed by atoms with Crippen LogP contribution in [0.5, 0.6) is 0 Å². The van der Waals surface area contributed by atoms with Gasteiger partial charge < -0.3 is 4.57 Å². The van der Waals surface area contributed by atoms with E-state index in [1.54, 1.807) is 49.4 Å². The first-order chi connectivity index (χ1) is 17.3. The van der Waals surface area contributed by atoms with Crippen LogP contribution in [0.1, 0.15) is 22.3 Å². The standard InChI is InChI=1S/C25H17ClF3N3O3S2/c1-14-9-16(12-31-23(14)37(2,34)35)21-7-8-22(36-21)20-10-18(25(27,28)29)17(11-30)24(33)32(20)13-15-5-3-4-6-19(15)26/h3-10,12H,13H2,1-2H3. The zero-order chi connectivity index (χ0) is 27.1. The Labute approximate surface area is 219 Å². The van der Waals surface area contributed by atoms with Crippen LogP contribution in [0.3, 0.4) is 0 Å². The van der Waals surface area contributed by atoms with Crippen molar-refractivity contribution in [3.8, 4) is 27.1 Å². The number of sulfone groups is 1. The first-order valence-electron chi connectivity index (χ1n) is 10.6. The number of hydrogen-bond acceptors (Lipinski definition) is 6. The Bertz CT molecular complexity index is 1740. The molecule has 6 nitrogen and oxygen atoms in total. The van der Waals surface area contributed by atoms with Crippen molar-refractivity contribution in [3.63, 3.8) is 0 Å². The quantitative estimate of drug-likeness (QED) is 0.299. The molecule has 4 aromatic rings. The molecule has 0 bridgehead atoms. The smallest absolute Gasteiger partial charge is 0.302 e. The highest BCUT2D eigenvalue weighted by Crippen LogP contribution is 2.38. The molecule has 0 atom stereocenters. The minimum Gasteiger partial charge on any atom is -0.302 e. The number of thiophene rings is 1. The summed E-state index contributed by atoms with van der Waals surface area (Å²) in [5, 5.41) is 9.64. The molecule has 0 aliphatic rings. The van der Waals surface area contributed by atoms with Crippen molar-refractivity contribution in [2.75, 3.05) is 6.26 Å². The molecule has 0 amide bonds. The van der Waals surface area contributed by atoms with E-state index >= 15 is 0 Å². The second kappa shape index (κ2) is 9.78. The van der Waals surface area contributed by atoms with E-state index in [1.165, 1.54) is 12.3 Å². The molecule has 0 saturated heterocycles. The molecular formula is C25H17ClF3N3O3S2. The monoisotopic (exact) mass is 563 g/mol. The first kappa shape index (κ1) is 26.6. The Kier molecular flexibility index (Phi) is 7.03. The molecule has 0 aliphatic heterocycles. The summed E-state index contributed by atoms with van der Waals surface area (Å²) >= 11 is 7.34. The van der Waals surface area contributed by atoms with Crippen molar-refractivity contribution in [3.05, 3.63) is 92.4 Å². The number of rotatable bonds is 5. The number of benzene rings is 1. The van der Waals surface area contributed by atoms with E-state index in [9.17, 15) is 31.6 Å². The minimum atomic E-state index is -4.93. The van der Waals surface area contributed by atoms with Gasteiger partial charge >= 0.3 is 6.18 Å². The van der Waals surface area contributed by atoms with Gasteiger partial charge in [0.1, 0.15) is 11.6 Å². The number of nitrogens with zero attached hydrogens (tertiary/aromatic N) is 3. The summed E-state index contributed by atoms with van der Waals surface area (Å²) in [6.07, 6.45) is -2.51. The van der Waals surface area contributed by atoms with Crippen molar-refractivity contribution in [2.24, 2.45) is 0 Å². The van der Waals surface area contributed by atoms with Gasteiger partial charge in [-0.05, 0) is 48.4 Å². The third-order valence-corrected chi connectivity index (χ3v) is 8.18. The second-order valence-corrected chi connectivity index (χ2v) is 11.6. The molecule has 0 saturated carbocycles. The van der Waals surface area contributed by atoms with Gasteiger partial charge in [-0.3, -0.25) is 4.79 Å². The Balaban J connectivity index is 1.91. The highest BCUT2D eigenvalue weighted by atomic mass is 35.5. The lowest BCUT2D eigenvalue weighted by Crippen LogP contribution is -2.28. The maximum Gasteiger partial charge on any atom is 0.417 e. The van der Waals surface area contributed by atoms with Gasteiger partial charge in [-0.1, -0.05) is 29.8 Å². The predicted octanol–water partition coefficient (Wildman–Crippen LogP) is 5.94. The Morgan fingerprint density at radius 3 is 2.41 bits per heavy atom. The number of nitriles is 1. The molecule has 0 radical (unpaired) electrons. The van der Waals surface area contributed by atoms with Crippen molar-refractivity contribution in [1.82, 2.24) is 9.55 Å². The highest BCUT2D eigenvalue weighted by Gasteiger charge is 2.36. The largest absolute Gasteiger partial charge is 0.417 e. The van der Waals surface area contributed by atoms with Crippen LogP contribution in [-0.4, -0.2) is 24.2 Å². The second-order valence-electron chi connectivity index (χ2n) is 8.19. The maximum atomic E-state index is 13.8. The van der Waals surface area contributed by atoms with Crippen LogP contribution in [0, 0.1) is 18.3 Å². The van der Waals surface area contributed by atoms with Gasteiger partial charge in [-0.25, -0.2) is 13.4 Å². The van der Waals surface area contributed by atoms with Gasteiger partial charge in [0.05, 0.1) is 22.7 Å². The molecule has 37 heavy (non-hydrogen) atoms. The first-order valence-corrected chi connectivity index (χ1v) is 13.7. The van der Waals surface area contributed by atoms with Crippen molar-refractivity contribution in [1.29, 1.82) is 5.26 Å². The lowest BCUT2D eigenvalue weighted by atomic mass is 10.1. The van der Waals surface area contributed by atoms with Crippen molar-refractivity contribution < 1.29 is 21.6 Å². The molecule has 0 fully saturated rings. The normalized spacial score (nSPS) is 11.9.